The van der Waals surface area contributed by atoms with E-state index in [1.807, 2.05) is 0 Å². The highest BCUT2D eigenvalue weighted by Crippen LogP contribution is 2.27. The zero-order chi connectivity index (χ0) is 19.8. The van der Waals surface area contributed by atoms with Crippen LogP contribution in [0.4, 0.5) is 23.2 Å². The Balaban J connectivity index is 1.97. The van der Waals surface area contributed by atoms with Crippen molar-refractivity contribution in [2.24, 2.45) is 0 Å². The van der Waals surface area contributed by atoms with Gasteiger partial charge in [-0.1, -0.05) is 0 Å². The van der Waals surface area contributed by atoms with Crippen LogP contribution in [-0.4, -0.2) is 25.6 Å². The summed E-state index contributed by atoms with van der Waals surface area (Å²) < 4.78 is 52.4. The van der Waals surface area contributed by atoms with E-state index in [1.54, 1.807) is 0 Å². The molecule has 0 aliphatic heterocycles. The highest BCUT2D eigenvalue weighted by molar-refractivity contribution is 5.79. The number of aromatic nitrogens is 3. The van der Waals surface area contributed by atoms with E-state index in [0.717, 1.165) is 16.8 Å². The topological polar surface area (TPSA) is 93.8 Å². The van der Waals surface area contributed by atoms with E-state index >= 15 is 0 Å². The molecule has 0 atom stereocenters. The SMILES string of the molecule is O=c1c([N+](=O)[O-])cccn1Cc1cc2ncc(F)c(CCC(F)(F)F)c2[nH]1. The third-order valence-electron chi connectivity index (χ3n) is 3.96. The maximum absolute atomic E-state index is 14.0. The summed E-state index contributed by atoms with van der Waals surface area (Å²) in [5.41, 5.74) is -0.912. The van der Waals surface area contributed by atoms with E-state index < -0.39 is 41.0 Å². The number of aryl methyl sites for hydroxylation is 1. The Morgan fingerprint density at radius 2 is 2.07 bits per heavy atom. The molecular weight excluding hydrogens is 372 g/mol. The van der Waals surface area contributed by atoms with Crippen molar-refractivity contribution < 1.29 is 22.5 Å². The van der Waals surface area contributed by atoms with Gasteiger partial charge in [-0.2, -0.15) is 13.2 Å². The lowest BCUT2D eigenvalue weighted by Crippen LogP contribution is -2.22. The van der Waals surface area contributed by atoms with E-state index in [2.05, 4.69) is 9.97 Å². The molecule has 0 aliphatic carbocycles. The van der Waals surface area contributed by atoms with Crippen LogP contribution in [0.25, 0.3) is 11.0 Å². The summed E-state index contributed by atoms with van der Waals surface area (Å²) in [6.07, 6.45) is -4.02. The summed E-state index contributed by atoms with van der Waals surface area (Å²) in [4.78, 5) is 28.7. The first-order valence-corrected chi connectivity index (χ1v) is 7.71. The van der Waals surface area contributed by atoms with Crippen LogP contribution in [0.1, 0.15) is 17.7 Å². The van der Waals surface area contributed by atoms with Gasteiger partial charge in [0.05, 0.1) is 28.7 Å². The lowest BCUT2D eigenvalue weighted by atomic mass is 10.1. The van der Waals surface area contributed by atoms with Crippen molar-refractivity contribution in [1.82, 2.24) is 14.5 Å². The number of nitrogens with zero attached hydrogens (tertiary/aromatic N) is 3. The van der Waals surface area contributed by atoms with Crippen LogP contribution in [0.5, 0.6) is 0 Å². The number of pyridine rings is 2. The second kappa shape index (κ2) is 6.82. The van der Waals surface area contributed by atoms with E-state index in [4.69, 9.17) is 0 Å². The minimum atomic E-state index is -4.44. The fourth-order valence-corrected chi connectivity index (χ4v) is 2.72. The van der Waals surface area contributed by atoms with Crippen LogP contribution < -0.4 is 5.56 Å². The largest absolute Gasteiger partial charge is 0.389 e. The number of aromatic amines is 1. The Kier molecular flexibility index (Phi) is 4.68. The van der Waals surface area contributed by atoms with Crippen molar-refractivity contribution in [2.45, 2.75) is 25.6 Å². The molecule has 0 aromatic carbocycles. The smallest absolute Gasteiger partial charge is 0.355 e. The molecule has 0 spiro atoms. The number of nitrogens with one attached hydrogen (secondary N) is 1. The predicted molar refractivity (Wildman–Crippen MR) is 86.9 cm³/mol. The Bertz CT molecular complexity index is 1070. The number of hydrogen-bond acceptors (Lipinski definition) is 4. The Labute approximate surface area is 148 Å². The molecule has 0 fully saturated rings. The summed E-state index contributed by atoms with van der Waals surface area (Å²) in [7, 11) is 0. The molecule has 0 aliphatic rings. The van der Waals surface area contributed by atoms with Gasteiger partial charge in [-0.05, 0) is 18.6 Å². The standard InChI is InChI=1S/C16H12F4N4O3/c17-11-7-21-12-6-9(22-14(12)10(11)3-4-16(18,19)20)8-23-5-1-2-13(15(23)25)24(26)27/h1-2,5-7,22H,3-4,8H2. The van der Waals surface area contributed by atoms with E-state index in [0.29, 0.717) is 5.69 Å². The molecule has 7 nitrogen and oxygen atoms in total. The molecule has 0 unspecified atom stereocenters. The third-order valence-corrected chi connectivity index (χ3v) is 3.96. The van der Waals surface area contributed by atoms with Gasteiger partial charge in [-0.25, -0.2) is 4.39 Å². The predicted octanol–water partition coefficient (Wildman–Crippen LogP) is 3.32. The monoisotopic (exact) mass is 384 g/mol. The number of fused-ring (bicyclic) bond motifs is 1. The zero-order valence-corrected chi connectivity index (χ0v) is 13.6. The zero-order valence-electron chi connectivity index (χ0n) is 13.6. The molecule has 3 rings (SSSR count). The summed E-state index contributed by atoms with van der Waals surface area (Å²) in [5, 5.41) is 10.8. The maximum atomic E-state index is 14.0. The quantitative estimate of drug-likeness (QED) is 0.415. The van der Waals surface area contributed by atoms with Crippen molar-refractivity contribution in [3.8, 4) is 0 Å². The summed E-state index contributed by atoms with van der Waals surface area (Å²) in [5.74, 6) is -0.868. The number of H-pyrrole nitrogens is 1. The van der Waals surface area contributed by atoms with Gasteiger partial charge in [0.25, 0.3) is 0 Å². The second-order valence-electron chi connectivity index (χ2n) is 5.84. The Morgan fingerprint density at radius 3 is 2.74 bits per heavy atom. The van der Waals surface area contributed by atoms with E-state index in [-0.39, 0.29) is 23.1 Å². The van der Waals surface area contributed by atoms with Gasteiger partial charge in [0.2, 0.25) is 0 Å². The first kappa shape index (κ1) is 18.5. The number of alkyl halides is 3. The average molecular weight is 384 g/mol. The van der Waals surface area contributed by atoms with Crippen LogP contribution in [0.2, 0.25) is 0 Å². The van der Waals surface area contributed by atoms with Gasteiger partial charge in [-0.15, -0.1) is 0 Å². The van der Waals surface area contributed by atoms with Gasteiger partial charge in [0, 0.05) is 29.9 Å². The summed E-state index contributed by atoms with van der Waals surface area (Å²) in [6, 6.07) is 3.85. The maximum Gasteiger partial charge on any atom is 0.389 e. The van der Waals surface area contributed by atoms with E-state index in [1.165, 1.54) is 18.3 Å². The fraction of sp³-hybridized carbons (Fsp3) is 0.250. The van der Waals surface area contributed by atoms with Crippen molar-refractivity contribution >= 4 is 16.7 Å². The van der Waals surface area contributed by atoms with Gasteiger partial charge < -0.3 is 9.55 Å². The first-order valence-electron chi connectivity index (χ1n) is 7.71. The molecule has 1 N–H and O–H groups in total. The lowest BCUT2D eigenvalue weighted by molar-refractivity contribution is -0.386. The molecule has 27 heavy (non-hydrogen) atoms. The van der Waals surface area contributed by atoms with Gasteiger partial charge in [0.15, 0.2) is 0 Å². The molecule has 0 radical (unpaired) electrons. The number of halogens is 4. The molecule has 0 saturated carbocycles. The number of hydrogen-bond donors (Lipinski definition) is 1. The first-order chi connectivity index (χ1) is 12.7. The fourth-order valence-electron chi connectivity index (χ4n) is 2.72. The summed E-state index contributed by atoms with van der Waals surface area (Å²) >= 11 is 0. The summed E-state index contributed by atoms with van der Waals surface area (Å²) in [6.45, 7) is -0.114. The van der Waals surface area contributed by atoms with E-state index in [9.17, 15) is 32.5 Å². The van der Waals surface area contributed by atoms with Gasteiger partial charge in [-0.3, -0.25) is 19.9 Å². The molecule has 3 heterocycles. The molecule has 3 aromatic rings. The van der Waals surface area contributed by atoms with Crippen molar-refractivity contribution in [3.05, 3.63) is 68.1 Å². The Morgan fingerprint density at radius 1 is 1.33 bits per heavy atom. The molecule has 0 saturated heterocycles. The molecule has 0 bridgehead atoms. The molecule has 11 heteroatoms. The van der Waals surface area contributed by atoms with Gasteiger partial charge in [0.1, 0.15) is 5.82 Å². The van der Waals surface area contributed by atoms with Crippen molar-refractivity contribution in [2.75, 3.05) is 0 Å². The van der Waals surface area contributed by atoms with Crippen molar-refractivity contribution in [3.63, 3.8) is 0 Å². The number of nitro groups is 1. The molecular formula is C16H12F4N4O3. The Hall–Kier alpha value is -3.24. The molecule has 3 aromatic heterocycles. The second-order valence-corrected chi connectivity index (χ2v) is 5.84. The third kappa shape index (κ3) is 3.96. The highest BCUT2D eigenvalue weighted by Gasteiger charge is 2.28. The highest BCUT2D eigenvalue weighted by atomic mass is 19.4. The minimum Gasteiger partial charge on any atom is -0.355 e. The molecule has 142 valence electrons. The van der Waals surface area contributed by atoms with Gasteiger partial charge >= 0.3 is 17.4 Å². The van der Waals surface area contributed by atoms with Crippen LogP contribution in [-0.2, 0) is 13.0 Å². The molecule has 0 amide bonds. The average Bonchev–Trinajstić information content (AvgIpc) is 2.97. The van der Waals surface area contributed by atoms with Crippen LogP contribution in [0.3, 0.4) is 0 Å². The van der Waals surface area contributed by atoms with Crippen molar-refractivity contribution in [1.29, 1.82) is 0 Å². The van der Waals surface area contributed by atoms with Crippen LogP contribution in [0.15, 0.2) is 35.4 Å². The van der Waals surface area contributed by atoms with Crippen LogP contribution in [0, 0.1) is 15.9 Å². The normalized spacial score (nSPS) is 11.9. The number of rotatable bonds is 5. The lowest BCUT2D eigenvalue weighted by Gasteiger charge is -2.08. The van der Waals surface area contributed by atoms with Crippen LogP contribution >= 0.6 is 0 Å². The minimum absolute atomic E-state index is 0.104.